The predicted molar refractivity (Wildman–Crippen MR) is 103 cm³/mol. The molecule has 1 aromatic heterocycles. The molecule has 0 aromatic carbocycles. The monoisotopic (exact) mass is 376 g/mol. The van der Waals surface area contributed by atoms with Gasteiger partial charge in [0.25, 0.3) is 5.91 Å². The average molecular weight is 377 g/mol. The number of hydrogen-bond donors (Lipinski definition) is 0. The number of nitrogens with zero attached hydrogens (tertiary/aromatic N) is 4. The van der Waals surface area contributed by atoms with E-state index in [-0.39, 0.29) is 12.0 Å². The van der Waals surface area contributed by atoms with Crippen LogP contribution in [0.1, 0.15) is 68.4 Å². The van der Waals surface area contributed by atoms with Crippen LogP contribution >= 0.6 is 0 Å². The molecule has 2 fully saturated rings. The second-order valence-electron chi connectivity index (χ2n) is 8.04. The van der Waals surface area contributed by atoms with Crippen molar-refractivity contribution in [1.82, 2.24) is 19.6 Å². The largest absolute Gasteiger partial charge is 0.449 e. The van der Waals surface area contributed by atoms with Crippen molar-refractivity contribution in [1.29, 1.82) is 0 Å². The average Bonchev–Trinajstić information content (AvgIpc) is 3.44. The number of carbonyl (C=O) groups excluding carboxylic acids is 2. The van der Waals surface area contributed by atoms with E-state index < -0.39 is 0 Å². The van der Waals surface area contributed by atoms with E-state index in [4.69, 9.17) is 4.74 Å². The third-order valence-electron chi connectivity index (χ3n) is 5.09. The van der Waals surface area contributed by atoms with Crippen LogP contribution in [0.4, 0.5) is 4.79 Å². The van der Waals surface area contributed by atoms with Crippen LogP contribution in [0.2, 0.25) is 0 Å². The van der Waals surface area contributed by atoms with Gasteiger partial charge in [0.2, 0.25) is 0 Å². The summed E-state index contributed by atoms with van der Waals surface area (Å²) < 4.78 is 7.35. The van der Waals surface area contributed by atoms with Crippen LogP contribution in [-0.2, 0) is 11.3 Å². The SMILES string of the molecule is CCCn1ncc(C(=O)N2CCCN(C(=O)OCC(C)C)CC2)c1C1CC1. The quantitative estimate of drug-likeness (QED) is 0.765. The highest BCUT2D eigenvalue weighted by Crippen LogP contribution is 2.42. The Morgan fingerprint density at radius 3 is 2.56 bits per heavy atom. The molecular weight excluding hydrogens is 344 g/mol. The molecule has 1 saturated heterocycles. The minimum atomic E-state index is -0.271. The molecule has 1 aliphatic carbocycles. The molecule has 2 amide bonds. The van der Waals surface area contributed by atoms with E-state index in [1.807, 2.05) is 23.4 Å². The van der Waals surface area contributed by atoms with Gasteiger partial charge in [0.15, 0.2) is 0 Å². The number of rotatable bonds is 6. The van der Waals surface area contributed by atoms with Crippen molar-refractivity contribution >= 4 is 12.0 Å². The van der Waals surface area contributed by atoms with E-state index in [9.17, 15) is 9.59 Å². The number of amides is 2. The molecular formula is C20H32N4O3. The highest BCUT2D eigenvalue weighted by Gasteiger charge is 2.34. The van der Waals surface area contributed by atoms with Crippen LogP contribution in [-0.4, -0.2) is 64.4 Å². The van der Waals surface area contributed by atoms with Crippen LogP contribution < -0.4 is 0 Å². The molecule has 3 rings (SSSR count). The Morgan fingerprint density at radius 2 is 1.89 bits per heavy atom. The van der Waals surface area contributed by atoms with Crippen molar-refractivity contribution < 1.29 is 14.3 Å². The van der Waals surface area contributed by atoms with E-state index in [1.165, 1.54) is 0 Å². The molecule has 1 saturated carbocycles. The van der Waals surface area contributed by atoms with Gasteiger partial charge in [-0.2, -0.15) is 5.10 Å². The number of aromatic nitrogens is 2. The van der Waals surface area contributed by atoms with Crippen molar-refractivity contribution in [2.24, 2.45) is 5.92 Å². The van der Waals surface area contributed by atoms with Crippen molar-refractivity contribution in [3.63, 3.8) is 0 Å². The van der Waals surface area contributed by atoms with Gasteiger partial charge in [0.1, 0.15) is 0 Å². The maximum absolute atomic E-state index is 13.2. The Bertz CT molecular complexity index is 666. The van der Waals surface area contributed by atoms with Crippen LogP contribution in [0.25, 0.3) is 0 Å². The Morgan fingerprint density at radius 1 is 1.19 bits per heavy atom. The zero-order valence-corrected chi connectivity index (χ0v) is 16.8. The maximum Gasteiger partial charge on any atom is 0.409 e. The van der Waals surface area contributed by atoms with Crippen molar-refractivity contribution in [2.45, 2.75) is 58.9 Å². The first-order valence-electron chi connectivity index (χ1n) is 10.3. The molecule has 0 spiro atoms. The van der Waals surface area contributed by atoms with Gasteiger partial charge in [-0.3, -0.25) is 9.48 Å². The summed E-state index contributed by atoms with van der Waals surface area (Å²) in [4.78, 5) is 29.0. The first-order chi connectivity index (χ1) is 13.0. The number of aryl methyl sites for hydroxylation is 1. The molecule has 7 nitrogen and oxygen atoms in total. The highest BCUT2D eigenvalue weighted by molar-refractivity contribution is 5.95. The lowest BCUT2D eigenvalue weighted by Crippen LogP contribution is -2.38. The maximum atomic E-state index is 13.2. The van der Waals surface area contributed by atoms with Gasteiger partial charge in [-0.05, 0) is 31.6 Å². The van der Waals surface area contributed by atoms with E-state index in [0.29, 0.717) is 44.6 Å². The topological polar surface area (TPSA) is 67.7 Å². The molecule has 2 heterocycles. The number of hydrogen-bond acceptors (Lipinski definition) is 4. The summed E-state index contributed by atoms with van der Waals surface area (Å²) in [5.41, 5.74) is 1.86. The molecule has 0 N–H and O–H groups in total. The molecule has 1 aliphatic heterocycles. The zero-order valence-electron chi connectivity index (χ0n) is 16.8. The fourth-order valence-electron chi connectivity index (χ4n) is 3.54. The fourth-order valence-corrected chi connectivity index (χ4v) is 3.54. The lowest BCUT2D eigenvalue weighted by molar-refractivity contribution is 0.0745. The summed E-state index contributed by atoms with van der Waals surface area (Å²) in [5, 5.41) is 4.48. The van der Waals surface area contributed by atoms with Gasteiger partial charge in [0.05, 0.1) is 24.1 Å². The van der Waals surface area contributed by atoms with Gasteiger partial charge in [0, 0.05) is 38.6 Å². The summed E-state index contributed by atoms with van der Waals surface area (Å²) in [6.07, 6.45) is 5.53. The second kappa shape index (κ2) is 8.76. The standard InChI is InChI=1S/C20H32N4O3/c1-4-8-24-18(16-6-7-16)17(13-21-24)19(25)22-9-5-10-23(12-11-22)20(26)27-14-15(2)3/h13,15-16H,4-12,14H2,1-3H3. The molecule has 150 valence electrons. The minimum absolute atomic E-state index is 0.0525. The molecule has 2 aliphatic rings. The van der Waals surface area contributed by atoms with E-state index in [1.54, 1.807) is 11.1 Å². The Balaban J connectivity index is 1.64. The summed E-state index contributed by atoms with van der Waals surface area (Å²) in [7, 11) is 0. The molecule has 0 bridgehead atoms. The summed E-state index contributed by atoms with van der Waals surface area (Å²) in [5.74, 6) is 0.851. The Labute approximate surface area is 161 Å². The lowest BCUT2D eigenvalue weighted by atomic mass is 10.1. The highest BCUT2D eigenvalue weighted by atomic mass is 16.6. The summed E-state index contributed by atoms with van der Waals surface area (Å²) >= 11 is 0. The van der Waals surface area contributed by atoms with E-state index in [0.717, 1.165) is 43.5 Å². The van der Waals surface area contributed by atoms with Crippen LogP contribution in [0.15, 0.2) is 6.20 Å². The van der Waals surface area contributed by atoms with Crippen molar-refractivity contribution in [3.05, 3.63) is 17.5 Å². The van der Waals surface area contributed by atoms with Gasteiger partial charge in [-0.25, -0.2) is 4.79 Å². The van der Waals surface area contributed by atoms with Crippen molar-refractivity contribution in [2.75, 3.05) is 32.8 Å². The molecule has 0 radical (unpaired) electrons. The smallest absolute Gasteiger partial charge is 0.409 e. The molecule has 0 unspecified atom stereocenters. The van der Waals surface area contributed by atoms with Gasteiger partial charge in [-0.1, -0.05) is 20.8 Å². The summed E-state index contributed by atoms with van der Waals surface area (Å²) in [6.45, 7) is 9.80. The summed E-state index contributed by atoms with van der Waals surface area (Å²) in [6, 6.07) is 0. The molecule has 1 aromatic rings. The normalized spacial score (nSPS) is 17.9. The van der Waals surface area contributed by atoms with Gasteiger partial charge < -0.3 is 14.5 Å². The van der Waals surface area contributed by atoms with Gasteiger partial charge in [-0.15, -0.1) is 0 Å². The van der Waals surface area contributed by atoms with E-state index in [2.05, 4.69) is 12.0 Å². The third kappa shape index (κ3) is 4.82. The predicted octanol–water partition coefficient (Wildman–Crippen LogP) is 3.11. The Hall–Kier alpha value is -2.05. The number of ether oxygens (including phenoxy) is 1. The van der Waals surface area contributed by atoms with Gasteiger partial charge >= 0.3 is 6.09 Å². The minimum Gasteiger partial charge on any atom is -0.449 e. The van der Waals surface area contributed by atoms with Crippen LogP contribution in [0.5, 0.6) is 0 Å². The Kier molecular flexibility index (Phi) is 6.39. The van der Waals surface area contributed by atoms with Crippen LogP contribution in [0, 0.1) is 5.92 Å². The first kappa shape index (κ1) is 19.7. The lowest BCUT2D eigenvalue weighted by Gasteiger charge is -2.22. The zero-order chi connectivity index (χ0) is 19.4. The first-order valence-corrected chi connectivity index (χ1v) is 10.3. The molecule has 7 heteroatoms. The molecule has 0 atom stereocenters. The van der Waals surface area contributed by atoms with Crippen molar-refractivity contribution in [3.8, 4) is 0 Å². The molecule has 27 heavy (non-hydrogen) atoms. The second-order valence-corrected chi connectivity index (χ2v) is 8.04. The van der Waals surface area contributed by atoms with Crippen LogP contribution in [0.3, 0.4) is 0 Å². The number of carbonyl (C=O) groups is 2. The van der Waals surface area contributed by atoms with E-state index >= 15 is 0 Å². The third-order valence-corrected chi connectivity index (χ3v) is 5.09. The fraction of sp³-hybridized carbons (Fsp3) is 0.750.